The zero-order valence-electron chi connectivity index (χ0n) is 10.6. The Morgan fingerprint density at radius 1 is 1.35 bits per heavy atom. The van der Waals surface area contributed by atoms with Crippen molar-refractivity contribution in [2.45, 2.75) is 19.9 Å². The minimum Gasteiger partial charge on any atom is -0.497 e. The van der Waals surface area contributed by atoms with Crippen LogP contribution in [0.15, 0.2) is 24.3 Å². The van der Waals surface area contributed by atoms with Crippen molar-refractivity contribution in [3.63, 3.8) is 0 Å². The molecule has 0 radical (unpaired) electrons. The summed E-state index contributed by atoms with van der Waals surface area (Å²) in [5, 5.41) is 5.92. The quantitative estimate of drug-likeness (QED) is 0.786. The van der Waals surface area contributed by atoms with E-state index in [-0.39, 0.29) is 11.9 Å². The summed E-state index contributed by atoms with van der Waals surface area (Å²) < 4.78 is 5.09. The summed E-state index contributed by atoms with van der Waals surface area (Å²) in [6.45, 7) is 4.93. The Hall–Kier alpha value is -1.55. The summed E-state index contributed by atoms with van der Waals surface area (Å²) in [5.41, 5.74) is 1.13. The van der Waals surface area contributed by atoms with Crippen molar-refractivity contribution in [3.05, 3.63) is 29.8 Å². The van der Waals surface area contributed by atoms with Gasteiger partial charge in [0.2, 0.25) is 5.91 Å². The molecular formula is C13H20N2O2. The van der Waals surface area contributed by atoms with Crippen LogP contribution in [0.25, 0.3) is 0 Å². The van der Waals surface area contributed by atoms with Crippen molar-refractivity contribution in [2.75, 3.05) is 20.2 Å². The summed E-state index contributed by atoms with van der Waals surface area (Å²) in [7, 11) is 1.64. The Labute approximate surface area is 102 Å². The van der Waals surface area contributed by atoms with Crippen LogP contribution in [-0.2, 0) is 4.79 Å². The summed E-state index contributed by atoms with van der Waals surface area (Å²) in [4.78, 5) is 11.3. The summed E-state index contributed by atoms with van der Waals surface area (Å²) in [6.07, 6.45) is 0. The molecule has 2 N–H and O–H groups in total. The molecule has 1 aromatic carbocycles. The van der Waals surface area contributed by atoms with Crippen molar-refractivity contribution in [1.29, 1.82) is 0 Å². The van der Waals surface area contributed by atoms with Gasteiger partial charge < -0.3 is 15.4 Å². The van der Waals surface area contributed by atoms with Gasteiger partial charge in [-0.1, -0.05) is 12.1 Å². The SMILES string of the molecule is CCNC(=O)CNC(C)c1ccc(OC)cc1. The van der Waals surface area contributed by atoms with Crippen LogP contribution in [0, 0.1) is 0 Å². The lowest BCUT2D eigenvalue weighted by Gasteiger charge is -2.14. The van der Waals surface area contributed by atoms with Gasteiger partial charge in [-0.15, -0.1) is 0 Å². The lowest BCUT2D eigenvalue weighted by molar-refractivity contribution is -0.120. The highest BCUT2D eigenvalue weighted by Gasteiger charge is 2.06. The second kappa shape index (κ2) is 6.91. The van der Waals surface area contributed by atoms with Gasteiger partial charge in [0.15, 0.2) is 0 Å². The smallest absolute Gasteiger partial charge is 0.233 e. The number of methoxy groups -OCH3 is 1. The number of nitrogens with one attached hydrogen (secondary N) is 2. The van der Waals surface area contributed by atoms with Gasteiger partial charge in [0.25, 0.3) is 0 Å². The van der Waals surface area contributed by atoms with Crippen LogP contribution in [0.3, 0.4) is 0 Å². The lowest BCUT2D eigenvalue weighted by Crippen LogP contribution is -2.34. The number of hydrogen-bond donors (Lipinski definition) is 2. The van der Waals surface area contributed by atoms with Gasteiger partial charge in [-0.2, -0.15) is 0 Å². The maximum absolute atomic E-state index is 11.3. The first-order valence-corrected chi connectivity index (χ1v) is 5.81. The number of ether oxygens (including phenoxy) is 1. The number of carbonyl (C=O) groups excluding carboxylic acids is 1. The standard InChI is InChI=1S/C13H20N2O2/c1-4-14-13(16)9-15-10(2)11-5-7-12(17-3)8-6-11/h5-8,10,15H,4,9H2,1-3H3,(H,14,16). The van der Waals surface area contributed by atoms with E-state index in [2.05, 4.69) is 10.6 Å². The molecular weight excluding hydrogens is 216 g/mol. The molecule has 0 aliphatic carbocycles. The van der Waals surface area contributed by atoms with Crippen LogP contribution in [0.1, 0.15) is 25.5 Å². The van der Waals surface area contributed by atoms with E-state index in [1.54, 1.807) is 7.11 Å². The first-order chi connectivity index (χ1) is 8.17. The number of likely N-dealkylation sites (N-methyl/N-ethyl adjacent to an activating group) is 1. The van der Waals surface area contributed by atoms with Crippen molar-refractivity contribution in [1.82, 2.24) is 10.6 Å². The molecule has 94 valence electrons. The van der Waals surface area contributed by atoms with E-state index in [0.29, 0.717) is 13.1 Å². The molecule has 4 heteroatoms. The molecule has 1 atom stereocenters. The second-order valence-corrected chi connectivity index (χ2v) is 3.83. The third-order valence-electron chi connectivity index (χ3n) is 2.56. The monoisotopic (exact) mass is 236 g/mol. The van der Waals surface area contributed by atoms with Crippen molar-refractivity contribution in [2.24, 2.45) is 0 Å². The molecule has 0 spiro atoms. The molecule has 0 aliphatic heterocycles. The zero-order valence-corrected chi connectivity index (χ0v) is 10.6. The maximum Gasteiger partial charge on any atom is 0.233 e. The number of rotatable bonds is 6. The first kappa shape index (κ1) is 13.5. The Kier molecular flexibility index (Phi) is 5.49. The van der Waals surface area contributed by atoms with E-state index in [1.165, 1.54) is 0 Å². The summed E-state index contributed by atoms with van der Waals surface area (Å²) in [5.74, 6) is 0.859. The molecule has 17 heavy (non-hydrogen) atoms. The van der Waals surface area contributed by atoms with Gasteiger partial charge in [-0.3, -0.25) is 4.79 Å². The molecule has 0 saturated carbocycles. The van der Waals surface area contributed by atoms with E-state index in [0.717, 1.165) is 11.3 Å². The maximum atomic E-state index is 11.3. The van der Waals surface area contributed by atoms with Gasteiger partial charge >= 0.3 is 0 Å². The Morgan fingerprint density at radius 2 is 2.00 bits per heavy atom. The van der Waals surface area contributed by atoms with Gasteiger partial charge in [0, 0.05) is 12.6 Å². The highest BCUT2D eigenvalue weighted by atomic mass is 16.5. The molecule has 1 amide bonds. The van der Waals surface area contributed by atoms with E-state index < -0.39 is 0 Å². The Balaban J connectivity index is 2.46. The number of carbonyl (C=O) groups is 1. The molecule has 4 nitrogen and oxygen atoms in total. The van der Waals surface area contributed by atoms with Crippen molar-refractivity contribution >= 4 is 5.91 Å². The van der Waals surface area contributed by atoms with Gasteiger partial charge in [0.1, 0.15) is 5.75 Å². The fraction of sp³-hybridized carbons (Fsp3) is 0.462. The first-order valence-electron chi connectivity index (χ1n) is 5.81. The van der Waals surface area contributed by atoms with Crippen LogP contribution >= 0.6 is 0 Å². The molecule has 0 heterocycles. The third-order valence-corrected chi connectivity index (χ3v) is 2.56. The Morgan fingerprint density at radius 3 is 2.53 bits per heavy atom. The average Bonchev–Trinajstić information content (AvgIpc) is 2.36. The highest BCUT2D eigenvalue weighted by Crippen LogP contribution is 2.16. The van der Waals surface area contributed by atoms with Gasteiger partial charge in [0.05, 0.1) is 13.7 Å². The minimum absolute atomic E-state index is 0.0212. The summed E-state index contributed by atoms with van der Waals surface area (Å²) >= 11 is 0. The van der Waals surface area contributed by atoms with Crippen LogP contribution in [-0.4, -0.2) is 26.1 Å². The molecule has 0 saturated heterocycles. The fourth-order valence-electron chi connectivity index (χ4n) is 1.52. The lowest BCUT2D eigenvalue weighted by atomic mass is 10.1. The van der Waals surface area contributed by atoms with E-state index in [4.69, 9.17) is 4.74 Å². The Bertz CT molecular complexity index is 349. The normalized spacial score (nSPS) is 11.9. The van der Waals surface area contributed by atoms with Crippen LogP contribution in [0.2, 0.25) is 0 Å². The second-order valence-electron chi connectivity index (χ2n) is 3.83. The number of amides is 1. The molecule has 0 fully saturated rings. The van der Waals surface area contributed by atoms with Crippen LogP contribution < -0.4 is 15.4 Å². The molecule has 0 aliphatic rings. The predicted molar refractivity (Wildman–Crippen MR) is 68.1 cm³/mol. The topological polar surface area (TPSA) is 50.4 Å². The van der Waals surface area contributed by atoms with E-state index in [1.807, 2.05) is 38.1 Å². The van der Waals surface area contributed by atoms with E-state index in [9.17, 15) is 4.79 Å². The largest absolute Gasteiger partial charge is 0.497 e. The minimum atomic E-state index is 0.0212. The van der Waals surface area contributed by atoms with Crippen LogP contribution in [0.4, 0.5) is 0 Å². The van der Waals surface area contributed by atoms with Crippen LogP contribution in [0.5, 0.6) is 5.75 Å². The molecule has 1 unspecified atom stereocenters. The van der Waals surface area contributed by atoms with Crippen molar-refractivity contribution < 1.29 is 9.53 Å². The van der Waals surface area contributed by atoms with Crippen molar-refractivity contribution in [3.8, 4) is 5.75 Å². The third kappa shape index (κ3) is 4.44. The number of benzene rings is 1. The predicted octanol–water partition coefficient (Wildman–Crippen LogP) is 1.48. The summed E-state index contributed by atoms with van der Waals surface area (Å²) in [6, 6.07) is 7.96. The average molecular weight is 236 g/mol. The zero-order chi connectivity index (χ0) is 12.7. The molecule has 0 aromatic heterocycles. The number of hydrogen-bond acceptors (Lipinski definition) is 3. The molecule has 1 aromatic rings. The van der Waals surface area contributed by atoms with Gasteiger partial charge in [-0.05, 0) is 31.5 Å². The molecule has 0 bridgehead atoms. The van der Waals surface area contributed by atoms with E-state index >= 15 is 0 Å². The van der Waals surface area contributed by atoms with Gasteiger partial charge in [-0.25, -0.2) is 0 Å². The molecule has 1 rings (SSSR count). The highest BCUT2D eigenvalue weighted by molar-refractivity contribution is 5.77. The fourth-order valence-corrected chi connectivity index (χ4v) is 1.52.